The average molecular weight is 351 g/mol. The van der Waals surface area contributed by atoms with E-state index in [0.717, 1.165) is 11.0 Å². The van der Waals surface area contributed by atoms with E-state index in [4.69, 9.17) is 19.7 Å². The number of fused-ring (bicyclic) bond motifs is 1. The summed E-state index contributed by atoms with van der Waals surface area (Å²) in [6, 6.07) is 3.59. The molecule has 2 aromatic rings. The van der Waals surface area contributed by atoms with Crippen molar-refractivity contribution in [2.24, 2.45) is 0 Å². The van der Waals surface area contributed by atoms with Crippen LogP contribution in [0.1, 0.15) is 15.9 Å². The predicted octanol–water partition coefficient (Wildman–Crippen LogP) is 0.168. The average Bonchev–Trinajstić information content (AvgIpc) is 2.48. The van der Waals surface area contributed by atoms with Crippen LogP contribution in [-0.4, -0.2) is 56.3 Å². The number of carbonyl (C=O) groups is 3. The van der Waals surface area contributed by atoms with Gasteiger partial charge in [0.2, 0.25) is 0 Å². The highest BCUT2D eigenvalue weighted by Gasteiger charge is 2.20. The summed E-state index contributed by atoms with van der Waals surface area (Å²) in [5.74, 6) is -4.39. The molecule has 1 aromatic heterocycles. The Kier molecular flexibility index (Phi) is 5.03. The number of hydrogen-bond acceptors (Lipinski definition) is 7. The summed E-state index contributed by atoms with van der Waals surface area (Å²) >= 11 is 0. The number of aromatic hydroxyl groups is 1. The number of rotatable bonds is 7. The lowest BCUT2D eigenvalue weighted by Gasteiger charge is -2.19. The Balaban J connectivity index is 2.55. The Labute approximate surface area is 139 Å². The molecule has 0 radical (unpaired) electrons. The normalized spacial score (nSPS) is 10.9. The number of hydrogen-bond donors (Lipinski definition) is 4. The number of phenolic OH excluding ortho intramolecular Hbond substituents is 1. The molecule has 0 saturated carbocycles. The van der Waals surface area contributed by atoms with E-state index in [0.29, 0.717) is 0 Å². The van der Waals surface area contributed by atoms with Gasteiger partial charge in [-0.3, -0.25) is 14.5 Å². The molecule has 0 bridgehead atoms. The molecule has 0 aliphatic heterocycles. The van der Waals surface area contributed by atoms with Crippen molar-refractivity contribution in [2.45, 2.75) is 6.54 Å². The summed E-state index contributed by atoms with van der Waals surface area (Å²) < 4.78 is 4.96. The molecule has 25 heavy (non-hydrogen) atoms. The predicted molar refractivity (Wildman–Crippen MR) is 81.7 cm³/mol. The van der Waals surface area contributed by atoms with Crippen molar-refractivity contribution in [3.63, 3.8) is 0 Å². The first kappa shape index (κ1) is 17.9. The third-order valence-electron chi connectivity index (χ3n) is 3.31. The molecule has 10 nitrogen and oxygen atoms in total. The summed E-state index contributed by atoms with van der Waals surface area (Å²) in [7, 11) is 0. The smallest absolute Gasteiger partial charge is 0.351 e. The van der Waals surface area contributed by atoms with Gasteiger partial charge in [0.15, 0.2) is 0 Å². The number of carboxylic acid groups (broad SMARTS) is 3. The lowest BCUT2D eigenvalue weighted by atomic mass is 10.1. The summed E-state index contributed by atoms with van der Waals surface area (Å²) in [4.78, 5) is 45.5. The molecule has 0 fully saturated rings. The fraction of sp³-hybridized carbons (Fsp3) is 0.200. The van der Waals surface area contributed by atoms with Gasteiger partial charge in [-0.2, -0.15) is 0 Å². The zero-order chi connectivity index (χ0) is 18.7. The molecule has 4 N–H and O–H groups in total. The van der Waals surface area contributed by atoms with Crippen molar-refractivity contribution in [3.05, 3.63) is 39.7 Å². The number of benzene rings is 1. The highest BCUT2D eigenvalue weighted by atomic mass is 16.4. The molecule has 132 valence electrons. The van der Waals surface area contributed by atoms with Crippen molar-refractivity contribution in [3.8, 4) is 5.75 Å². The van der Waals surface area contributed by atoms with E-state index in [2.05, 4.69) is 0 Å². The lowest BCUT2D eigenvalue weighted by Crippen LogP contribution is -2.34. The highest BCUT2D eigenvalue weighted by molar-refractivity contribution is 5.92. The Morgan fingerprint density at radius 3 is 2.16 bits per heavy atom. The van der Waals surface area contributed by atoms with Gasteiger partial charge in [-0.25, -0.2) is 9.59 Å². The largest absolute Gasteiger partial charge is 0.507 e. The minimum Gasteiger partial charge on any atom is -0.507 e. The van der Waals surface area contributed by atoms with Gasteiger partial charge in [0, 0.05) is 11.9 Å². The van der Waals surface area contributed by atoms with Gasteiger partial charge in [-0.1, -0.05) is 0 Å². The molecule has 1 aromatic carbocycles. The second-order valence-electron chi connectivity index (χ2n) is 5.17. The van der Waals surface area contributed by atoms with Gasteiger partial charge < -0.3 is 24.8 Å². The van der Waals surface area contributed by atoms with Crippen LogP contribution in [0.4, 0.5) is 0 Å². The molecule has 0 aliphatic rings. The summed E-state index contributed by atoms with van der Waals surface area (Å²) in [6.07, 6.45) is 0. The Morgan fingerprint density at radius 1 is 1.04 bits per heavy atom. The first-order valence-corrected chi connectivity index (χ1v) is 6.87. The van der Waals surface area contributed by atoms with Crippen molar-refractivity contribution >= 4 is 28.9 Å². The van der Waals surface area contributed by atoms with Crippen LogP contribution in [0.2, 0.25) is 0 Å². The molecule has 0 atom stereocenters. The molecule has 2 rings (SSSR count). The standard InChI is InChI=1S/C15H13NO9/c17-10-2-1-7-3-8(14(22)23)15(24)25-13(7)9(10)4-16(5-11(18)19)6-12(20)21/h1-3,17H,4-6H2,(H,18,19)(H,20,21)(H,22,23). The Hall–Kier alpha value is -3.40. The fourth-order valence-electron chi connectivity index (χ4n) is 2.31. The molecule has 0 unspecified atom stereocenters. The summed E-state index contributed by atoms with van der Waals surface area (Å²) in [6.45, 7) is -1.59. The van der Waals surface area contributed by atoms with E-state index < -0.39 is 42.2 Å². The maximum Gasteiger partial charge on any atom is 0.351 e. The third-order valence-corrected chi connectivity index (χ3v) is 3.31. The van der Waals surface area contributed by atoms with Crippen molar-refractivity contribution in [1.82, 2.24) is 4.90 Å². The van der Waals surface area contributed by atoms with Gasteiger partial charge in [0.25, 0.3) is 0 Å². The maximum atomic E-state index is 11.7. The van der Waals surface area contributed by atoms with Crippen LogP contribution in [0.25, 0.3) is 11.0 Å². The quantitative estimate of drug-likeness (QED) is 0.505. The summed E-state index contributed by atoms with van der Waals surface area (Å²) in [5.41, 5.74) is -1.91. The first-order valence-electron chi connectivity index (χ1n) is 6.87. The van der Waals surface area contributed by atoms with Crippen LogP contribution < -0.4 is 5.63 Å². The SMILES string of the molecule is O=C(O)CN(CC(=O)O)Cc1c(O)ccc2cc(C(=O)O)c(=O)oc12. The van der Waals surface area contributed by atoms with E-state index in [-0.39, 0.29) is 28.8 Å². The number of nitrogens with zero attached hydrogens (tertiary/aromatic N) is 1. The number of carboxylic acids is 3. The Bertz CT molecular complexity index is 899. The maximum absolute atomic E-state index is 11.7. The fourth-order valence-corrected chi connectivity index (χ4v) is 2.31. The zero-order valence-electron chi connectivity index (χ0n) is 12.6. The first-order chi connectivity index (χ1) is 11.7. The van der Waals surface area contributed by atoms with Gasteiger partial charge in [-0.05, 0) is 18.2 Å². The molecule has 0 amide bonds. The van der Waals surface area contributed by atoms with E-state index >= 15 is 0 Å². The molecule has 0 saturated heterocycles. The van der Waals surface area contributed by atoms with Crippen LogP contribution in [0.15, 0.2) is 27.4 Å². The van der Waals surface area contributed by atoms with Gasteiger partial charge in [-0.15, -0.1) is 0 Å². The molecule has 10 heteroatoms. The minimum absolute atomic E-state index is 0.0194. The van der Waals surface area contributed by atoms with E-state index in [1.54, 1.807) is 0 Å². The number of aliphatic carboxylic acids is 2. The molecular weight excluding hydrogens is 338 g/mol. The number of aromatic carboxylic acids is 1. The monoisotopic (exact) mass is 351 g/mol. The van der Waals surface area contributed by atoms with Gasteiger partial charge >= 0.3 is 23.5 Å². The van der Waals surface area contributed by atoms with E-state index in [9.17, 15) is 24.3 Å². The van der Waals surface area contributed by atoms with E-state index in [1.807, 2.05) is 0 Å². The molecular formula is C15H13NO9. The van der Waals surface area contributed by atoms with Crippen LogP contribution in [0, 0.1) is 0 Å². The lowest BCUT2D eigenvalue weighted by molar-refractivity contribution is -0.142. The van der Waals surface area contributed by atoms with Crippen LogP contribution in [-0.2, 0) is 16.1 Å². The van der Waals surface area contributed by atoms with Gasteiger partial charge in [0.05, 0.1) is 18.7 Å². The van der Waals surface area contributed by atoms with Crippen LogP contribution >= 0.6 is 0 Å². The second kappa shape index (κ2) is 7.01. The molecule has 0 aliphatic carbocycles. The van der Waals surface area contributed by atoms with Crippen LogP contribution in [0.5, 0.6) is 5.75 Å². The number of phenols is 1. The Morgan fingerprint density at radius 2 is 1.64 bits per heavy atom. The minimum atomic E-state index is -1.48. The topological polar surface area (TPSA) is 166 Å². The molecule has 1 heterocycles. The molecule has 0 spiro atoms. The van der Waals surface area contributed by atoms with E-state index in [1.165, 1.54) is 12.1 Å². The van der Waals surface area contributed by atoms with Crippen molar-refractivity contribution in [1.29, 1.82) is 0 Å². The second-order valence-corrected chi connectivity index (χ2v) is 5.17. The summed E-state index contributed by atoms with van der Waals surface area (Å²) in [5, 5.41) is 36.9. The van der Waals surface area contributed by atoms with Crippen molar-refractivity contribution in [2.75, 3.05) is 13.1 Å². The van der Waals surface area contributed by atoms with Crippen LogP contribution in [0.3, 0.4) is 0 Å². The van der Waals surface area contributed by atoms with Crippen molar-refractivity contribution < 1.29 is 39.2 Å². The zero-order valence-corrected chi connectivity index (χ0v) is 12.6. The highest BCUT2D eigenvalue weighted by Crippen LogP contribution is 2.28. The third kappa shape index (κ3) is 4.12. The van der Waals surface area contributed by atoms with Gasteiger partial charge in [0.1, 0.15) is 16.9 Å².